The summed E-state index contributed by atoms with van der Waals surface area (Å²) in [5.41, 5.74) is 0.430. The van der Waals surface area contributed by atoms with Crippen molar-refractivity contribution in [2.24, 2.45) is 0 Å². The first kappa shape index (κ1) is 17.4. The minimum absolute atomic E-state index is 0.151. The molecule has 126 valence electrons. The molecule has 0 N–H and O–H groups in total. The Morgan fingerprint density at radius 1 is 1.09 bits per heavy atom. The van der Waals surface area contributed by atoms with Crippen LogP contribution >= 0.6 is 15.9 Å². The second-order valence-electron chi connectivity index (χ2n) is 4.94. The third kappa shape index (κ3) is 3.36. The highest BCUT2D eigenvalue weighted by atomic mass is 79.9. The molecule has 0 spiro atoms. The van der Waals surface area contributed by atoms with E-state index in [0.29, 0.717) is 53.5 Å². The number of amides is 2. The fourth-order valence-electron chi connectivity index (χ4n) is 2.48. The smallest absolute Gasteiger partial charge is 0.255 e. The van der Waals surface area contributed by atoms with Crippen molar-refractivity contribution in [1.29, 1.82) is 0 Å². The van der Waals surface area contributed by atoms with Crippen LogP contribution in [0.3, 0.4) is 0 Å². The quantitative estimate of drug-likeness (QED) is 0.715. The van der Waals surface area contributed by atoms with Crippen LogP contribution in [0.5, 0.6) is 17.2 Å². The summed E-state index contributed by atoms with van der Waals surface area (Å²) >= 11 is 3.41. The van der Waals surface area contributed by atoms with Crippen molar-refractivity contribution in [2.45, 2.75) is 0 Å². The van der Waals surface area contributed by atoms with Gasteiger partial charge >= 0.3 is 0 Å². The third-order valence-corrected chi connectivity index (χ3v) is 4.54. The summed E-state index contributed by atoms with van der Waals surface area (Å²) in [5.74, 6) is 1.09. The van der Waals surface area contributed by atoms with Gasteiger partial charge in [0, 0.05) is 26.2 Å². The Kier molecular flexibility index (Phi) is 5.70. The van der Waals surface area contributed by atoms with Crippen LogP contribution in [0.15, 0.2) is 10.5 Å². The van der Waals surface area contributed by atoms with Crippen molar-refractivity contribution in [3.63, 3.8) is 0 Å². The minimum Gasteiger partial charge on any atom is -0.493 e. The fourth-order valence-corrected chi connectivity index (χ4v) is 3.10. The van der Waals surface area contributed by atoms with Crippen molar-refractivity contribution in [1.82, 2.24) is 9.80 Å². The van der Waals surface area contributed by atoms with Crippen LogP contribution < -0.4 is 14.2 Å². The molecule has 1 aromatic carbocycles. The molecule has 0 saturated carbocycles. The summed E-state index contributed by atoms with van der Waals surface area (Å²) in [6, 6.07) is 1.62. The predicted molar refractivity (Wildman–Crippen MR) is 87.3 cm³/mol. The Balaban J connectivity index is 2.35. The summed E-state index contributed by atoms with van der Waals surface area (Å²) in [7, 11) is 4.51. The van der Waals surface area contributed by atoms with Crippen LogP contribution in [0.1, 0.15) is 10.4 Å². The van der Waals surface area contributed by atoms with E-state index in [1.807, 2.05) is 0 Å². The van der Waals surface area contributed by atoms with Gasteiger partial charge in [-0.15, -0.1) is 0 Å². The highest BCUT2D eigenvalue weighted by Gasteiger charge is 2.27. The van der Waals surface area contributed by atoms with Crippen LogP contribution in [-0.2, 0) is 4.79 Å². The number of rotatable bonds is 5. The summed E-state index contributed by atoms with van der Waals surface area (Å²) in [6.45, 7) is 2.02. The number of methoxy groups -OCH3 is 3. The van der Waals surface area contributed by atoms with E-state index in [2.05, 4.69) is 15.9 Å². The van der Waals surface area contributed by atoms with E-state index < -0.39 is 0 Å². The number of carbonyl (C=O) groups excluding carboxylic acids is 2. The fraction of sp³-hybridized carbons (Fsp3) is 0.467. The molecule has 0 atom stereocenters. The molecule has 0 radical (unpaired) electrons. The van der Waals surface area contributed by atoms with Crippen LogP contribution in [0.2, 0.25) is 0 Å². The van der Waals surface area contributed by atoms with Crippen molar-refractivity contribution in [3.8, 4) is 17.2 Å². The number of halogens is 1. The van der Waals surface area contributed by atoms with E-state index in [1.54, 1.807) is 15.9 Å². The zero-order valence-electron chi connectivity index (χ0n) is 13.3. The number of ether oxygens (including phenoxy) is 3. The maximum absolute atomic E-state index is 12.8. The first-order valence-corrected chi connectivity index (χ1v) is 7.83. The molecule has 8 heteroatoms. The molecule has 1 saturated heterocycles. The first-order chi connectivity index (χ1) is 11.1. The second-order valence-corrected chi connectivity index (χ2v) is 5.73. The van der Waals surface area contributed by atoms with E-state index in [4.69, 9.17) is 14.2 Å². The molecule has 7 nitrogen and oxygen atoms in total. The molecule has 1 aromatic rings. The first-order valence-electron chi connectivity index (χ1n) is 7.04. The number of carbonyl (C=O) groups is 2. The van der Waals surface area contributed by atoms with Crippen molar-refractivity contribution in [3.05, 3.63) is 16.1 Å². The van der Waals surface area contributed by atoms with Crippen molar-refractivity contribution in [2.75, 3.05) is 47.5 Å². The lowest BCUT2D eigenvalue weighted by Crippen LogP contribution is -2.48. The normalized spacial score (nSPS) is 14.4. The molecule has 2 rings (SSSR count). The average molecular weight is 387 g/mol. The largest absolute Gasteiger partial charge is 0.493 e. The molecule has 0 aromatic heterocycles. The molecule has 0 unspecified atom stereocenters. The molecule has 1 heterocycles. The molecule has 1 aliphatic heterocycles. The maximum atomic E-state index is 12.8. The van der Waals surface area contributed by atoms with Crippen LogP contribution in [-0.4, -0.2) is 69.6 Å². The topological polar surface area (TPSA) is 68.3 Å². The van der Waals surface area contributed by atoms with Gasteiger partial charge in [-0.1, -0.05) is 0 Å². The number of hydrogen-bond acceptors (Lipinski definition) is 5. The lowest BCUT2D eigenvalue weighted by molar-refractivity contribution is -0.119. The van der Waals surface area contributed by atoms with E-state index in [9.17, 15) is 9.59 Å². The monoisotopic (exact) mass is 386 g/mol. The molecule has 1 fully saturated rings. The number of benzene rings is 1. The minimum atomic E-state index is -0.151. The Morgan fingerprint density at radius 2 is 1.70 bits per heavy atom. The summed E-state index contributed by atoms with van der Waals surface area (Å²) in [6.07, 6.45) is 0.803. The van der Waals surface area contributed by atoms with Gasteiger partial charge in [0.1, 0.15) is 0 Å². The van der Waals surface area contributed by atoms with Crippen molar-refractivity contribution < 1.29 is 23.8 Å². The van der Waals surface area contributed by atoms with E-state index in [1.165, 1.54) is 21.3 Å². The number of piperazine rings is 1. The van der Waals surface area contributed by atoms with Gasteiger partial charge in [-0.2, -0.15) is 0 Å². The van der Waals surface area contributed by atoms with Gasteiger partial charge in [0.15, 0.2) is 11.5 Å². The average Bonchev–Trinajstić information content (AvgIpc) is 2.60. The summed E-state index contributed by atoms with van der Waals surface area (Å²) in [4.78, 5) is 26.9. The highest BCUT2D eigenvalue weighted by molar-refractivity contribution is 9.10. The highest BCUT2D eigenvalue weighted by Crippen LogP contribution is 2.45. The van der Waals surface area contributed by atoms with Gasteiger partial charge in [0.2, 0.25) is 12.2 Å². The standard InChI is InChI=1S/C15H19BrN2O5/c1-21-11-8-10(12(16)14(23-3)13(11)22-2)15(20)18-6-4-17(9-19)5-7-18/h8-9H,4-7H2,1-3H3. The van der Waals surface area contributed by atoms with Gasteiger partial charge in [0.05, 0.1) is 31.4 Å². The zero-order valence-corrected chi connectivity index (χ0v) is 14.9. The molecular weight excluding hydrogens is 368 g/mol. The van der Waals surface area contributed by atoms with E-state index in [-0.39, 0.29) is 5.91 Å². The molecule has 0 bridgehead atoms. The SMILES string of the molecule is COc1cc(C(=O)N2CCN(C=O)CC2)c(Br)c(OC)c1OC. The lowest BCUT2D eigenvalue weighted by atomic mass is 10.1. The van der Waals surface area contributed by atoms with Gasteiger partial charge in [-0.25, -0.2) is 0 Å². The summed E-state index contributed by atoms with van der Waals surface area (Å²) in [5, 5.41) is 0. The molecule has 2 amide bonds. The maximum Gasteiger partial charge on any atom is 0.255 e. The second kappa shape index (κ2) is 7.54. The third-order valence-electron chi connectivity index (χ3n) is 3.75. The Morgan fingerprint density at radius 3 is 2.17 bits per heavy atom. The Labute approximate surface area is 143 Å². The van der Waals surface area contributed by atoms with E-state index >= 15 is 0 Å². The predicted octanol–water partition coefficient (Wildman–Crippen LogP) is 1.39. The van der Waals surface area contributed by atoms with Crippen molar-refractivity contribution >= 4 is 28.2 Å². The van der Waals surface area contributed by atoms with E-state index in [0.717, 1.165) is 6.41 Å². The molecule has 1 aliphatic rings. The van der Waals surface area contributed by atoms with Gasteiger partial charge in [-0.3, -0.25) is 9.59 Å². The number of hydrogen-bond donors (Lipinski definition) is 0. The van der Waals surface area contributed by atoms with Crippen LogP contribution in [0, 0.1) is 0 Å². The van der Waals surface area contributed by atoms with Crippen LogP contribution in [0.4, 0.5) is 0 Å². The van der Waals surface area contributed by atoms with Gasteiger partial charge < -0.3 is 24.0 Å². The Bertz CT molecular complexity index is 600. The molecule has 23 heavy (non-hydrogen) atoms. The zero-order chi connectivity index (χ0) is 17.0. The lowest BCUT2D eigenvalue weighted by Gasteiger charge is -2.33. The Hall–Kier alpha value is -1.96. The number of nitrogens with zero attached hydrogens (tertiary/aromatic N) is 2. The van der Waals surface area contributed by atoms with Gasteiger partial charge in [0.25, 0.3) is 5.91 Å². The molecule has 0 aliphatic carbocycles. The molecular formula is C15H19BrN2O5. The van der Waals surface area contributed by atoms with Gasteiger partial charge in [-0.05, 0) is 22.0 Å². The van der Waals surface area contributed by atoms with Crippen LogP contribution in [0.25, 0.3) is 0 Å². The summed E-state index contributed by atoms with van der Waals surface area (Å²) < 4.78 is 16.5.